The average molecular weight is 251 g/mol. The van der Waals surface area contributed by atoms with Crippen molar-refractivity contribution in [2.24, 2.45) is 0 Å². The number of nitrogens with zero attached hydrogens (tertiary/aromatic N) is 1. The van der Waals surface area contributed by atoms with Gasteiger partial charge in [0, 0.05) is 5.56 Å². The molecule has 1 aromatic heterocycles. The Morgan fingerprint density at radius 3 is 2.59 bits per heavy atom. The van der Waals surface area contributed by atoms with E-state index in [-0.39, 0.29) is 10.7 Å². The second kappa shape index (κ2) is 4.59. The number of halogens is 1. The molecule has 0 saturated carbocycles. The number of aromatic carboxylic acids is 1. The first-order chi connectivity index (χ1) is 8.13. The molecule has 0 spiro atoms. The molecule has 0 amide bonds. The van der Waals surface area contributed by atoms with E-state index in [9.17, 15) is 4.79 Å². The van der Waals surface area contributed by atoms with E-state index in [1.807, 2.05) is 24.3 Å². The number of nitrogens with one attached hydrogen (secondary N) is 1. The Morgan fingerprint density at radius 1 is 1.41 bits per heavy atom. The summed E-state index contributed by atoms with van der Waals surface area (Å²) >= 11 is 5.75. The summed E-state index contributed by atoms with van der Waals surface area (Å²) in [6.07, 6.45) is 0.938. The van der Waals surface area contributed by atoms with Crippen LogP contribution in [-0.4, -0.2) is 21.3 Å². The molecule has 5 heteroatoms. The molecular weight excluding hydrogens is 240 g/mol. The van der Waals surface area contributed by atoms with Gasteiger partial charge in [-0.2, -0.15) is 5.10 Å². The largest absolute Gasteiger partial charge is 0.478 e. The fourth-order valence-electron chi connectivity index (χ4n) is 1.62. The molecule has 2 N–H and O–H groups in total. The molecule has 2 aromatic rings. The van der Waals surface area contributed by atoms with Gasteiger partial charge in [0.05, 0.1) is 0 Å². The van der Waals surface area contributed by atoms with Crippen LogP contribution in [0, 0.1) is 0 Å². The van der Waals surface area contributed by atoms with Gasteiger partial charge in [-0.1, -0.05) is 42.8 Å². The highest BCUT2D eigenvalue weighted by molar-refractivity contribution is 6.33. The van der Waals surface area contributed by atoms with E-state index in [0.29, 0.717) is 5.69 Å². The third-order valence-corrected chi connectivity index (χ3v) is 2.85. The first-order valence-corrected chi connectivity index (χ1v) is 5.57. The number of hydrogen-bond donors (Lipinski definition) is 2. The first-order valence-electron chi connectivity index (χ1n) is 5.20. The van der Waals surface area contributed by atoms with Gasteiger partial charge in [-0.05, 0) is 12.0 Å². The van der Waals surface area contributed by atoms with E-state index in [1.165, 1.54) is 5.56 Å². The number of H-pyrrole nitrogens is 1. The average Bonchev–Trinajstić information content (AvgIpc) is 2.71. The second-order valence-electron chi connectivity index (χ2n) is 3.62. The Labute approximate surface area is 103 Å². The van der Waals surface area contributed by atoms with Crippen LogP contribution in [0.15, 0.2) is 24.3 Å². The maximum absolute atomic E-state index is 11.1. The van der Waals surface area contributed by atoms with Crippen LogP contribution in [0.3, 0.4) is 0 Å². The van der Waals surface area contributed by atoms with E-state index in [4.69, 9.17) is 16.7 Å². The fraction of sp³-hybridized carbons (Fsp3) is 0.167. The van der Waals surface area contributed by atoms with Crippen molar-refractivity contribution in [3.63, 3.8) is 0 Å². The third kappa shape index (κ3) is 2.17. The third-order valence-electron chi connectivity index (χ3n) is 2.57. The SMILES string of the molecule is CCc1ccc(-c2n[nH]c(Cl)c2C(=O)O)cc1. The highest BCUT2D eigenvalue weighted by Crippen LogP contribution is 2.26. The Morgan fingerprint density at radius 2 is 2.06 bits per heavy atom. The first kappa shape index (κ1) is 11.7. The number of carbonyl (C=O) groups is 1. The van der Waals surface area contributed by atoms with Crippen LogP contribution < -0.4 is 0 Å². The van der Waals surface area contributed by atoms with E-state index < -0.39 is 5.97 Å². The van der Waals surface area contributed by atoms with Crippen LogP contribution in [-0.2, 0) is 6.42 Å². The highest BCUT2D eigenvalue weighted by atomic mass is 35.5. The number of aromatic amines is 1. The number of rotatable bonds is 3. The van der Waals surface area contributed by atoms with Gasteiger partial charge in [0.15, 0.2) is 0 Å². The molecule has 1 heterocycles. The molecular formula is C12H11ClN2O2. The normalized spacial score (nSPS) is 10.5. The van der Waals surface area contributed by atoms with Gasteiger partial charge in [-0.3, -0.25) is 5.10 Å². The van der Waals surface area contributed by atoms with Crippen molar-refractivity contribution in [2.75, 3.05) is 0 Å². The van der Waals surface area contributed by atoms with Crippen molar-refractivity contribution in [1.29, 1.82) is 0 Å². The number of benzene rings is 1. The standard InChI is InChI=1S/C12H11ClN2O2/c1-2-7-3-5-8(6-4-7)10-9(12(16)17)11(13)15-14-10/h3-6H,2H2,1H3,(H,14,15)(H,16,17). The van der Waals surface area contributed by atoms with E-state index >= 15 is 0 Å². The molecule has 0 bridgehead atoms. The van der Waals surface area contributed by atoms with Gasteiger partial charge in [0.25, 0.3) is 0 Å². The zero-order valence-electron chi connectivity index (χ0n) is 9.20. The lowest BCUT2D eigenvalue weighted by Crippen LogP contribution is -1.97. The molecule has 0 fully saturated rings. The summed E-state index contributed by atoms with van der Waals surface area (Å²) in [6.45, 7) is 2.06. The van der Waals surface area contributed by atoms with Crippen molar-refractivity contribution in [3.8, 4) is 11.3 Å². The molecule has 0 aliphatic carbocycles. The summed E-state index contributed by atoms with van der Waals surface area (Å²) in [6, 6.07) is 7.59. The lowest BCUT2D eigenvalue weighted by Gasteiger charge is -2.01. The molecule has 1 aromatic carbocycles. The monoisotopic (exact) mass is 250 g/mol. The Balaban J connectivity index is 2.49. The maximum Gasteiger partial charge on any atom is 0.341 e. The van der Waals surface area contributed by atoms with Crippen molar-refractivity contribution >= 4 is 17.6 Å². The van der Waals surface area contributed by atoms with Crippen molar-refractivity contribution < 1.29 is 9.90 Å². The lowest BCUT2D eigenvalue weighted by molar-refractivity contribution is 0.0698. The molecule has 2 rings (SSSR count). The summed E-state index contributed by atoms with van der Waals surface area (Å²) < 4.78 is 0. The lowest BCUT2D eigenvalue weighted by atomic mass is 10.1. The molecule has 4 nitrogen and oxygen atoms in total. The van der Waals surface area contributed by atoms with Crippen molar-refractivity contribution in [1.82, 2.24) is 10.2 Å². The van der Waals surface area contributed by atoms with Gasteiger partial charge >= 0.3 is 5.97 Å². The Bertz CT molecular complexity index is 546. The number of aryl methyl sites for hydroxylation is 1. The number of carboxylic acids is 1. The van der Waals surface area contributed by atoms with Gasteiger partial charge in [0.1, 0.15) is 16.4 Å². The molecule has 88 valence electrons. The minimum atomic E-state index is -1.08. The summed E-state index contributed by atoms with van der Waals surface area (Å²) in [7, 11) is 0. The Kier molecular flexibility index (Phi) is 3.15. The fourth-order valence-corrected chi connectivity index (χ4v) is 1.84. The molecule has 0 aliphatic rings. The zero-order chi connectivity index (χ0) is 12.4. The van der Waals surface area contributed by atoms with Crippen LogP contribution in [0.1, 0.15) is 22.8 Å². The Hall–Kier alpha value is -1.81. The number of hydrogen-bond acceptors (Lipinski definition) is 2. The van der Waals surface area contributed by atoms with Crippen LogP contribution in [0.5, 0.6) is 0 Å². The minimum Gasteiger partial charge on any atom is -0.478 e. The second-order valence-corrected chi connectivity index (χ2v) is 3.99. The zero-order valence-corrected chi connectivity index (χ0v) is 9.95. The van der Waals surface area contributed by atoms with Crippen molar-refractivity contribution in [2.45, 2.75) is 13.3 Å². The molecule has 0 radical (unpaired) electrons. The predicted molar refractivity (Wildman–Crippen MR) is 65.4 cm³/mol. The van der Waals surface area contributed by atoms with Crippen LogP contribution in [0.2, 0.25) is 5.15 Å². The molecule has 0 aliphatic heterocycles. The smallest absolute Gasteiger partial charge is 0.341 e. The predicted octanol–water partition coefficient (Wildman–Crippen LogP) is 2.99. The van der Waals surface area contributed by atoms with Crippen LogP contribution in [0.4, 0.5) is 0 Å². The van der Waals surface area contributed by atoms with E-state index in [1.54, 1.807) is 0 Å². The van der Waals surface area contributed by atoms with Gasteiger partial charge in [-0.15, -0.1) is 0 Å². The summed E-state index contributed by atoms with van der Waals surface area (Å²) in [4.78, 5) is 11.1. The quantitative estimate of drug-likeness (QED) is 0.880. The summed E-state index contributed by atoms with van der Waals surface area (Å²) in [5.74, 6) is -1.08. The van der Waals surface area contributed by atoms with Crippen molar-refractivity contribution in [3.05, 3.63) is 40.5 Å². The highest BCUT2D eigenvalue weighted by Gasteiger charge is 2.19. The van der Waals surface area contributed by atoms with Crippen LogP contribution >= 0.6 is 11.6 Å². The molecule has 0 atom stereocenters. The maximum atomic E-state index is 11.1. The number of carboxylic acid groups (broad SMARTS) is 1. The van der Waals surface area contributed by atoms with E-state index in [2.05, 4.69) is 17.1 Å². The summed E-state index contributed by atoms with van der Waals surface area (Å²) in [5.41, 5.74) is 2.30. The number of aromatic nitrogens is 2. The van der Waals surface area contributed by atoms with Crippen LogP contribution in [0.25, 0.3) is 11.3 Å². The molecule has 0 saturated heterocycles. The van der Waals surface area contributed by atoms with E-state index in [0.717, 1.165) is 12.0 Å². The molecule has 0 unspecified atom stereocenters. The van der Waals surface area contributed by atoms with Gasteiger partial charge in [-0.25, -0.2) is 4.79 Å². The van der Waals surface area contributed by atoms with Gasteiger partial charge in [0.2, 0.25) is 0 Å². The molecule has 17 heavy (non-hydrogen) atoms. The van der Waals surface area contributed by atoms with Gasteiger partial charge < -0.3 is 5.11 Å². The summed E-state index contributed by atoms with van der Waals surface area (Å²) in [5, 5.41) is 15.5. The minimum absolute atomic E-state index is 0.0101. The topological polar surface area (TPSA) is 66.0 Å².